The molecule has 0 bridgehead atoms. The lowest BCUT2D eigenvalue weighted by Gasteiger charge is -2.06. The number of rotatable bonds is 8. The molecule has 0 saturated carbocycles. The molecule has 0 spiro atoms. The minimum Gasteiger partial charge on any atom is -0.497 e. The first-order valence-electron chi connectivity index (χ1n) is 8.81. The SMILES string of the molecule is COc1ccc(Oc2cnc(C(=O)NN=Cc3cc(OC)cc(OC)c3)cn2)cc1. The largest absolute Gasteiger partial charge is 0.497 e. The zero-order chi connectivity index (χ0) is 21.3. The molecule has 154 valence electrons. The number of hydrazone groups is 1. The van der Waals surface area contributed by atoms with Crippen molar-refractivity contribution in [2.75, 3.05) is 21.3 Å². The molecule has 0 saturated heterocycles. The van der Waals surface area contributed by atoms with Crippen LogP contribution in [0.15, 0.2) is 60.0 Å². The standard InChI is InChI=1S/C21H20N4O5/c1-27-15-4-6-16(7-5-15)30-20-13-22-19(12-23-20)21(26)25-24-11-14-8-17(28-2)10-18(9-14)29-3/h4-13H,1-3H3,(H,25,26). The fourth-order valence-corrected chi connectivity index (χ4v) is 2.38. The van der Waals surface area contributed by atoms with Crippen LogP contribution < -0.4 is 24.4 Å². The molecule has 0 radical (unpaired) electrons. The van der Waals surface area contributed by atoms with Gasteiger partial charge >= 0.3 is 0 Å². The van der Waals surface area contributed by atoms with E-state index in [0.717, 1.165) is 0 Å². The van der Waals surface area contributed by atoms with Crippen molar-refractivity contribution >= 4 is 12.1 Å². The molecular weight excluding hydrogens is 388 g/mol. The molecule has 1 N–H and O–H groups in total. The van der Waals surface area contributed by atoms with E-state index in [9.17, 15) is 4.79 Å². The van der Waals surface area contributed by atoms with Crippen LogP contribution in [0.5, 0.6) is 28.9 Å². The van der Waals surface area contributed by atoms with Crippen LogP contribution >= 0.6 is 0 Å². The monoisotopic (exact) mass is 408 g/mol. The van der Waals surface area contributed by atoms with Gasteiger partial charge in [-0.15, -0.1) is 0 Å². The summed E-state index contributed by atoms with van der Waals surface area (Å²) in [6, 6.07) is 12.3. The number of methoxy groups -OCH3 is 3. The summed E-state index contributed by atoms with van der Waals surface area (Å²) in [4.78, 5) is 20.3. The second-order valence-corrected chi connectivity index (χ2v) is 5.86. The Kier molecular flexibility index (Phi) is 6.78. The molecule has 30 heavy (non-hydrogen) atoms. The molecule has 0 unspecified atom stereocenters. The highest BCUT2D eigenvalue weighted by Gasteiger charge is 2.08. The number of benzene rings is 2. The Bertz CT molecular complexity index is 998. The lowest BCUT2D eigenvalue weighted by Crippen LogP contribution is -2.19. The Labute approximate surface area is 173 Å². The summed E-state index contributed by atoms with van der Waals surface area (Å²) in [7, 11) is 4.69. The lowest BCUT2D eigenvalue weighted by atomic mass is 10.2. The Morgan fingerprint density at radius 2 is 1.50 bits per heavy atom. The van der Waals surface area contributed by atoms with Crippen LogP contribution in [-0.2, 0) is 0 Å². The molecule has 0 aliphatic rings. The van der Waals surface area contributed by atoms with Crippen molar-refractivity contribution in [1.82, 2.24) is 15.4 Å². The number of hydrogen-bond acceptors (Lipinski definition) is 8. The average molecular weight is 408 g/mol. The molecule has 9 nitrogen and oxygen atoms in total. The molecule has 0 aliphatic carbocycles. The maximum absolute atomic E-state index is 12.2. The molecule has 1 amide bonds. The van der Waals surface area contributed by atoms with E-state index < -0.39 is 5.91 Å². The number of carbonyl (C=O) groups excluding carboxylic acids is 1. The number of ether oxygens (including phenoxy) is 4. The molecule has 1 heterocycles. The normalized spacial score (nSPS) is 10.5. The van der Waals surface area contributed by atoms with Crippen LogP contribution in [0.1, 0.15) is 16.1 Å². The first kappa shape index (κ1) is 20.6. The Balaban J connectivity index is 1.59. The average Bonchev–Trinajstić information content (AvgIpc) is 2.79. The zero-order valence-corrected chi connectivity index (χ0v) is 16.7. The fraction of sp³-hybridized carbons (Fsp3) is 0.143. The van der Waals surface area contributed by atoms with Gasteiger partial charge in [0, 0.05) is 11.6 Å². The van der Waals surface area contributed by atoms with E-state index in [1.54, 1.807) is 63.8 Å². The third-order valence-corrected chi connectivity index (χ3v) is 3.90. The predicted octanol–water partition coefficient (Wildman–Crippen LogP) is 3.06. The Hall–Kier alpha value is -4.14. The van der Waals surface area contributed by atoms with E-state index in [4.69, 9.17) is 18.9 Å². The number of nitrogens with one attached hydrogen (secondary N) is 1. The number of nitrogens with zero attached hydrogens (tertiary/aromatic N) is 3. The van der Waals surface area contributed by atoms with Gasteiger partial charge in [-0.25, -0.2) is 15.4 Å². The summed E-state index contributed by atoms with van der Waals surface area (Å²) in [5, 5.41) is 3.93. The van der Waals surface area contributed by atoms with Gasteiger partial charge < -0.3 is 18.9 Å². The van der Waals surface area contributed by atoms with Gasteiger partial charge in [0.15, 0.2) is 0 Å². The summed E-state index contributed by atoms with van der Waals surface area (Å²) in [6.07, 6.45) is 4.13. The highest BCUT2D eigenvalue weighted by Crippen LogP contribution is 2.22. The topological polar surface area (TPSA) is 104 Å². The third kappa shape index (κ3) is 5.44. The molecule has 1 aromatic heterocycles. The van der Waals surface area contributed by atoms with Crippen molar-refractivity contribution < 1.29 is 23.7 Å². The van der Waals surface area contributed by atoms with E-state index in [1.165, 1.54) is 18.6 Å². The van der Waals surface area contributed by atoms with Gasteiger partial charge in [-0.1, -0.05) is 0 Å². The summed E-state index contributed by atoms with van der Waals surface area (Å²) >= 11 is 0. The second-order valence-electron chi connectivity index (χ2n) is 5.86. The number of amides is 1. The number of aromatic nitrogens is 2. The van der Waals surface area contributed by atoms with Crippen molar-refractivity contribution in [3.8, 4) is 28.9 Å². The van der Waals surface area contributed by atoms with E-state index in [1.807, 2.05) is 0 Å². The predicted molar refractivity (Wildman–Crippen MR) is 110 cm³/mol. The first-order chi connectivity index (χ1) is 14.6. The van der Waals surface area contributed by atoms with E-state index in [0.29, 0.717) is 28.6 Å². The van der Waals surface area contributed by atoms with Crippen molar-refractivity contribution in [1.29, 1.82) is 0 Å². The molecule has 2 aromatic carbocycles. The molecule has 3 rings (SSSR count). The van der Waals surface area contributed by atoms with Gasteiger partial charge in [0.1, 0.15) is 28.7 Å². The maximum Gasteiger partial charge on any atom is 0.291 e. The van der Waals surface area contributed by atoms with Gasteiger partial charge in [0.2, 0.25) is 5.88 Å². The number of carbonyl (C=O) groups is 1. The summed E-state index contributed by atoms with van der Waals surface area (Å²) in [6.45, 7) is 0. The third-order valence-electron chi connectivity index (χ3n) is 3.90. The lowest BCUT2D eigenvalue weighted by molar-refractivity contribution is 0.0949. The smallest absolute Gasteiger partial charge is 0.291 e. The van der Waals surface area contributed by atoms with Crippen molar-refractivity contribution in [2.45, 2.75) is 0 Å². The fourth-order valence-electron chi connectivity index (χ4n) is 2.38. The zero-order valence-electron chi connectivity index (χ0n) is 16.7. The first-order valence-corrected chi connectivity index (χ1v) is 8.81. The summed E-state index contributed by atoms with van der Waals surface area (Å²) in [5.74, 6) is 2.25. The molecular formula is C21H20N4O5. The van der Waals surface area contributed by atoms with Gasteiger partial charge in [0.05, 0.1) is 39.9 Å². The van der Waals surface area contributed by atoms with Gasteiger partial charge in [-0.05, 0) is 36.4 Å². The molecule has 0 aliphatic heterocycles. The van der Waals surface area contributed by atoms with Gasteiger partial charge in [0.25, 0.3) is 5.91 Å². The Morgan fingerprint density at radius 3 is 2.07 bits per heavy atom. The Morgan fingerprint density at radius 1 is 0.867 bits per heavy atom. The van der Waals surface area contributed by atoms with Gasteiger partial charge in [-0.2, -0.15) is 5.10 Å². The minimum atomic E-state index is -0.510. The highest BCUT2D eigenvalue weighted by molar-refractivity contribution is 5.92. The van der Waals surface area contributed by atoms with Crippen molar-refractivity contribution in [3.05, 3.63) is 66.1 Å². The van der Waals surface area contributed by atoms with Gasteiger partial charge in [-0.3, -0.25) is 4.79 Å². The van der Waals surface area contributed by atoms with Crippen LogP contribution in [0.2, 0.25) is 0 Å². The van der Waals surface area contributed by atoms with Crippen molar-refractivity contribution in [2.24, 2.45) is 5.10 Å². The van der Waals surface area contributed by atoms with Crippen LogP contribution in [0.25, 0.3) is 0 Å². The molecule has 3 aromatic rings. The molecule has 9 heteroatoms. The summed E-state index contributed by atoms with van der Waals surface area (Å²) < 4.78 is 21.1. The van der Waals surface area contributed by atoms with Crippen molar-refractivity contribution in [3.63, 3.8) is 0 Å². The minimum absolute atomic E-state index is 0.0949. The van der Waals surface area contributed by atoms with E-state index >= 15 is 0 Å². The summed E-state index contributed by atoms with van der Waals surface area (Å²) in [5.41, 5.74) is 3.19. The molecule has 0 atom stereocenters. The number of hydrogen-bond donors (Lipinski definition) is 1. The van der Waals surface area contributed by atoms with Crippen LogP contribution in [0, 0.1) is 0 Å². The second kappa shape index (κ2) is 9.87. The quantitative estimate of drug-likeness (QED) is 0.451. The molecule has 0 fully saturated rings. The van der Waals surface area contributed by atoms with Crippen LogP contribution in [0.3, 0.4) is 0 Å². The van der Waals surface area contributed by atoms with Crippen LogP contribution in [-0.4, -0.2) is 43.4 Å². The highest BCUT2D eigenvalue weighted by atomic mass is 16.5. The van der Waals surface area contributed by atoms with E-state index in [2.05, 4.69) is 20.5 Å². The van der Waals surface area contributed by atoms with E-state index in [-0.39, 0.29) is 11.6 Å². The van der Waals surface area contributed by atoms with Crippen LogP contribution in [0.4, 0.5) is 0 Å². The maximum atomic E-state index is 12.2.